The van der Waals surface area contributed by atoms with Gasteiger partial charge in [0.25, 0.3) is 0 Å². The molecule has 98 valence electrons. The molecular weight excluding hydrogens is 212 g/mol. The van der Waals surface area contributed by atoms with Crippen molar-refractivity contribution in [3.63, 3.8) is 0 Å². The molecule has 0 aromatic rings. The third-order valence-electron chi connectivity index (χ3n) is 2.06. The Morgan fingerprint density at radius 2 is 1.88 bits per heavy atom. The van der Waals surface area contributed by atoms with Crippen molar-refractivity contribution >= 4 is 5.97 Å². The van der Waals surface area contributed by atoms with Crippen molar-refractivity contribution in [2.24, 2.45) is 11.3 Å². The lowest BCUT2D eigenvalue weighted by atomic mass is 9.97. The molecule has 0 aromatic carbocycles. The van der Waals surface area contributed by atoms with Crippen LogP contribution in [0.4, 0.5) is 0 Å². The van der Waals surface area contributed by atoms with Gasteiger partial charge >= 0.3 is 5.97 Å². The number of unbranched alkanes of at least 4 members (excludes halogenated alkanes) is 1. The lowest BCUT2D eigenvalue weighted by Gasteiger charge is -2.17. The number of carbonyl (C=O) groups excluding carboxylic acids is 1. The van der Waals surface area contributed by atoms with Gasteiger partial charge in [-0.3, -0.25) is 4.79 Å². The van der Waals surface area contributed by atoms with Gasteiger partial charge in [-0.15, -0.1) is 0 Å². The standard InChI is InChI=1S/C15H26O2/c1-7-8-9-10-13(11-12(2)3)17-14(16)15(4,5)6/h9-12H,7-8H2,1-6H3/b10-9+,13-11-. The molecule has 0 unspecified atom stereocenters. The molecule has 0 aliphatic carbocycles. The molecule has 0 rings (SSSR count). The van der Waals surface area contributed by atoms with E-state index in [1.807, 2.05) is 39.0 Å². The van der Waals surface area contributed by atoms with E-state index in [1.165, 1.54) is 0 Å². The third-order valence-corrected chi connectivity index (χ3v) is 2.06. The molecule has 0 spiro atoms. The molecule has 0 aromatic heterocycles. The summed E-state index contributed by atoms with van der Waals surface area (Å²) in [6.07, 6.45) is 8.01. The zero-order valence-electron chi connectivity index (χ0n) is 12.0. The lowest BCUT2D eigenvalue weighted by molar-refractivity contribution is -0.148. The van der Waals surface area contributed by atoms with Crippen LogP contribution in [0.2, 0.25) is 0 Å². The van der Waals surface area contributed by atoms with E-state index in [1.54, 1.807) is 0 Å². The summed E-state index contributed by atoms with van der Waals surface area (Å²) in [5, 5.41) is 0. The van der Waals surface area contributed by atoms with Gasteiger partial charge < -0.3 is 4.74 Å². The summed E-state index contributed by atoms with van der Waals surface area (Å²) < 4.78 is 5.41. The maximum atomic E-state index is 11.8. The second-order valence-corrected chi connectivity index (χ2v) is 5.64. The van der Waals surface area contributed by atoms with Gasteiger partial charge in [-0.25, -0.2) is 0 Å². The largest absolute Gasteiger partial charge is 0.426 e. The van der Waals surface area contributed by atoms with Gasteiger partial charge in [0.1, 0.15) is 5.76 Å². The van der Waals surface area contributed by atoms with Crippen LogP contribution in [0.5, 0.6) is 0 Å². The molecule has 17 heavy (non-hydrogen) atoms. The SMILES string of the molecule is CCC/C=C/C(=C/C(C)C)OC(=O)C(C)(C)C. The molecule has 0 radical (unpaired) electrons. The van der Waals surface area contributed by atoms with Crippen LogP contribution in [0.15, 0.2) is 24.0 Å². The van der Waals surface area contributed by atoms with Gasteiger partial charge in [0.15, 0.2) is 0 Å². The summed E-state index contributed by atoms with van der Waals surface area (Å²) in [6.45, 7) is 11.8. The summed E-state index contributed by atoms with van der Waals surface area (Å²) >= 11 is 0. The van der Waals surface area contributed by atoms with E-state index in [4.69, 9.17) is 4.74 Å². The minimum Gasteiger partial charge on any atom is -0.426 e. The minimum absolute atomic E-state index is 0.189. The van der Waals surface area contributed by atoms with Gasteiger partial charge in [-0.1, -0.05) is 33.3 Å². The molecule has 0 N–H and O–H groups in total. The van der Waals surface area contributed by atoms with Crippen molar-refractivity contribution in [1.82, 2.24) is 0 Å². The smallest absolute Gasteiger partial charge is 0.316 e. The first kappa shape index (κ1) is 16.0. The fourth-order valence-corrected chi connectivity index (χ4v) is 1.08. The highest BCUT2D eigenvalue weighted by atomic mass is 16.5. The zero-order valence-corrected chi connectivity index (χ0v) is 12.0. The summed E-state index contributed by atoms with van der Waals surface area (Å²) in [5.74, 6) is 0.836. The molecule has 0 heterocycles. The molecule has 0 fully saturated rings. The van der Waals surface area contributed by atoms with E-state index in [0.717, 1.165) is 12.8 Å². The lowest BCUT2D eigenvalue weighted by Crippen LogP contribution is -2.22. The van der Waals surface area contributed by atoms with E-state index < -0.39 is 5.41 Å². The van der Waals surface area contributed by atoms with E-state index in [0.29, 0.717) is 11.7 Å². The Morgan fingerprint density at radius 1 is 1.29 bits per heavy atom. The molecule has 0 aliphatic rings. The second-order valence-electron chi connectivity index (χ2n) is 5.64. The van der Waals surface area contributed by atoms with E-state index >= 15 is 0 Å². The number of carbonyl (C=O) groups is 1. The highest BCUT2D eigenvalue weighted by Gasteiger charge is 2.23. The van der Waals surface area contributed by atoms with E-state index in [9.17, 15) is 4.79 Å². The molecule has 2 nitrogen and oxygen atoms in total. The molecule has 0 amide bonds. The van der Waals surface area contributed by atoms with Crippen molar-refractivity contribution in [3.8, 4) is 0 Å². The van der Waals surface area contributed by atoms with Crippen LogP contribution in [0.25, 0.3) is 0 Å². The van der Waals surface area contributed by atoms with Crippen LogP contribution in [0.1, 0.15) is 54.4 Å². The van der Waals surface area contributed by atoms with Crippen molar-refractivity contribution < 1.29 is 9.53 Å². The van der Waals surface area contributed by atoms with Gasteiger partial charge in [0.2, 0.25) is 0 Å². The van der Waals surface area contributed by atoms with E-state index in [-0.39, 0.29) is 5.97 Å². The molecular formula is C15H26O2. The van der Waals surface area contributed by atoms with Crippen LogP contribution < -0.4 is 0 Å². The first-order chi connectivity index (χ1) is 7.77. The minimum atomic E-state index is -0.464. The average Bonchev–Trinajstić information content (AvgIpc) is 2.15. The van der Waals surface area contributed by atoms with Crippen LogP contribution in [-0.4, -0.2) is 5.97 Å². The Morgan fingerprint density at radius 3 is 2.29 bits per heavy atom. The molecule has 0 saturated heterocycles. The Kier molecular flexibility index (Phi) is 6.86. The molecule has 2 heteroatoms. The van der Waals surface area contributed by atoms with Crippen molar-refractivity contribution in [3.05, 3.63) is 24.0 Å². The number of hydrogen-bond acceptors (Lipinski definition) is 2. The van der Waals surface area contributed by atoms with Crippen LogP contribution in [0, 0.1) is 11.3 Å². The molecule has 0 saturated carbocycles. The van der Waals surface area contributed by atoms with Gasteiger partial charge in [-0.05, 0) is 45.3 Å². The fraction of sp³-hybridized carbons (Fsp3) is 0.667. The highest BCUT2D eigenvalue weighted by molar-refractivity contribution is 5.76. The van der Waals surface area contributed by atoms with Gasteiger partial charge in [0.05, 0.1) is 5.41 Å². The number of esters is 1. The average molecular weight is 238 g/mol. The first-order valence-corrected chi connectivity index (χ1v) is 6.38. The van der Waals surface area contributed by atoms with Gasteiger partial charge in [0, 0.05) is 0 Å². The highest BCUT2D eigenvalue weighted by Crippen LogP contribution is 2.19. The van der Waals surface area contributed by atoms with Crippen molar-refractivity contribution in [2.75, 3.05) is 0 Å². The number of allylic oxidation sites excluding steroid dienone is 3. The first-order valence-electron chi connectivity index (χ1n) is 6.38. The van der Waals surface area contributed by atoms with E-state index in [2.05, 4.69) is 20.8 Å². The maximum Gasteiger partial charge on any atom is 0.316 e. The summed E-state index contributed by atoms with van der Waals surface area (Å²) in [6, 6.07) is 0. The Balaban J connectivity index is 4.67. The topological polar surface area (TPSA) is 26.3 Å². The number of hydrogen-bond donors (Lipinski definition) is 0. The van der Waals surface area contributed by atoms with Crippen LogP contribution in [0.3, 0.4) is 0 Å². The number of ether oxygens (including phenoxy) is 1. The summed E-state index contributed by atoms with van der Waals surface area (Å²) in [7, 11) is 0. The predicted molar refractivity (Wildman–Crippen MR) is 72.5 cm³/mol. The summed E-state index contributed by atoms with van der Waals surface area (Å²) in [4.78, 5) is 11.8. The Labute approximate surface area is 106 Å². The van der Waals surface area contributed by atoms with Gasteiger partial charge in [-0.2, -0.15) is 0 Å². The monoisotopic (exact) mass is 238 g/mol. The van der Waals surface area contributed by atoms with Crippen LogP contribution >= 0.6 is 0 Å². The predicted octanol–water partition coefficient (Wildman–Crippen LogP) is 4.47. The third kappa shape index (κ3) is 7.78. The normalized spacial score (nSPS) is 13.5. The number of rotatable bonds is 5. The molecule has 0 aliphatic heterocycles. The zero-order chi connectivity index (χ0) is 13.5. The fourth-order valence-electron chi connectivity index (χ4n) is 1.08. The van der Waals surface area contributed by atoms with Crippen LogP contribution in [-0.2, 0) is 9.53 Å². The summed E-state index contributed by atoms with van der Waals surface area (Å²) in [5.41, 5.74) is -0.464. The maximum absolute atomic E-state index is 11.8. The van der Waals surface area contributed by atoms with Crippen molar-refractivity contribution in [2.45, 2.75) is 54.4 Å². The Bertz CT molecular complexity index is 291. The molecule has 0 atom stereocenters. The second kappa shape index (κ2) is 7.31. The Hall–Kier alpha value is -1.05. The quantitative estimate of drug-likeness (QED) is 0.401. The molecule has 0 bridgehead atoms. The van der Waals surface area contributed by atoms with Crippen molar-refractivity contribution in [1.29, 1.82) is 0 Å².